The molecular formula is C20H20N2O3S. The van der Waals surface area contributed by atoms with Gasteiger partial charge >= 0.3 is 0 Å². The van der Waals surface area contributed by atoms with Crippen LogP contribution in [0.3, 0.4) is 0 Å². The topological polar surface area (TPSA) is 51.7 Å². The molecule has 0 N–H and O–H groups in total. The van der Waals surface area contributed by atoms with Crippen LogP contribution in [0.2, 0.25) is 0 Å². The van der Waals surface area contributed by atoms with Gasteiger partial charge in [0.25, 0.3) is 5.91 Å². The number of thiazole rings is 1. The van der Waals surface area contributed by atoms with E-state index in [1.807, 2.05) is 24.3 Å². The molecule has 0 atom stereocenters. The number of aromatic nitrogens is 1. The van der Waals surface area contributed by atoms with Crippen LogP contribution in [0.1, 0.15) is 10.4 Å². The molecule has 0 saturated heterocycles. The number of amides is 1. The fourth-order valence-corrected chi connectivity index (χ4v) is 3.44. The van der Waals surface area contributed by atoms with Gasteiger partial charge in [-0.05, 0) is 36.4 Å². The summed E-state index contributed by atoms with van der Waals surface area (Å²) in [5.74, 6) is 0.584. The Hall–Kier alpha value is -2.70. The van der Waals surface area contributed by atoms with E-state index in [1.165, 1.54) is 11.3 Å². The molecule has 0 unspecified atom stereocenters. The van der Waals surface area contributed by atoms with Gasteiger partial charge in [0.05, 0.1) is 23.4 Å². The van der Waals surface area contributed by atoms with E-state index >= 15 is 0 Å². The Morgan fingerprint density at radius 3 is 2.69 bits per heavy atom. The summed E-state index contributed by atoms with van der Waals surface area (Å²) in [7, 11) is 1.62. The third-order valence-corrected chi connectivity index (χ3v) is 4.81. The quantitative estimate of drug-likeness (QED) is 0.561. The Balaban J connectivity index is 1.86. The van der Waals surface area contributed by atoms with E-state index < -0.39 is 0 Å². The highest BCUT2D eigenvalue weighted by Gasteiger charge is 2.21. The van der Waals surface area contributed by atoms with E-state index in [0.717, 1.165) is 10.2 Å². The summed E-state index contributed by atoms with van der Waals surface area (Å²) in [5.41, 5.74) is 1.46. The molecule has 0 saturated carbocycles. The number of methoxy groups -OCH3 is 1. The van der Waals surface area contributed by atoms with Gasteiger partial charge in [0.2, 0.25) is 0 Å². The van der Waals surface area contributed by atoms with Crippen LogP contribution < -0.4 is 9.64 Å². The Morgan fingerprint density at radius 2 is 2.00 bits per heavy atom. The van der Waals surface area contributed by atoms with Crippen molar-refractivity contribution < 1.29 is 14.3 Å². The van der Waals surface area contributed by atoms with Crippen molar-refractivity contribution in [3.05, 3.63) is 66.7 Å². The molecule has 1 aromatic heterocycles. The summed E-state index contributed by atoms with van der Waals surface area (Å²) in [6.07, 6.45) is 1.68. The summed E-state index contributed by atoms with van der Waals surface area (Å²) >= 11 is 1.50. The minimum absolute atomic E-state index is 0.114. The standard InChI is InChI=1S/C20H20N2O3S/c1-3-13-25-16-10-8-15(9-11-16)19(23)22(12-14-24-2)20-21-17-6-4-5-7-18(17)26-20/h3-11H,1,12-14H2,2H3. The number of carbonyl (C=O) groups excluding carboxylic acids is 1. The molecule has 0 fully saturated rings. The minimum Gasteiger partial charge on any atom is -0.490 e. The monoisotopic (exact) mass is 368 g/mol. The first-order chi connectivity index (χ1) is 12.7. The number of fused-ring (bicyclic) bond motifs is 1. The second-order valence-corrected chi connectivity index (χ2v) is 6.55. The highest BCUT2D eigenvalue weighted by molar-refractivity contribution is 7.22. The number of rotatable bonds is 8. The van der Waals surface area contributed by atoms with Crippen LogP contribution in [0.4, 0.5) is 5.13 Å². The minimum atomic E-state index is -0.114. The Morgan fingerprint density at radius 1 is 1.23 bits per heavy atom. The number of anilines is 1. The highest BCUT2D eigenvalue weighted by atomic mass is 32.1. The average Bonchev–Trinajstić information content (AvgIpc) is 3.10. The number of hydrogen-bond donors (Lipinski definition) is 0. The van der Waals surface area contributed by atoms with Crippen LogP contribution in [0.5, 0.6) is 5.75 Å². The van der Waals surface area contributed by atoms with E-state index in [-0.39, 0.29) is 5.91 Å². The van der Waals surface area contributed by atoms with Gasteiger partial charge in [-0.3, -0.25) is 9.69 Å². The Kier molecular flexibility index (Phi) is 5.99. The maximum absolute atomic E-state index is 13.0. The smallest absolute Gasteiger partial charge is 0.260 e. The predicted octanol–water partition coefficient (Wildman–Crippen LogP) is 4.15. The zero-order chi connectivity index (χ0) is 18.4. The van der Waals surface area contributed by atoms with Gasteiger partial charge in [0.1, 0.15) is 12.4 Å². The molecule has 3 aromatic rings. The lowest BCUT2D eigenvalue weighted by atomic mass is 10.2. The molecule has 1 heterocycles. The number of carbonyl (C=O) groups is 1. The molecule has 5 nitrogen and oxygen atoms in total. The van der Waals surface area contributed by atoms with Crippen molar-refractivity contribution >= 4 is 32.6 Å². The molecule has 2 aromatic carbocycles. The van der Waals surface area contributed by atoms with Gasteiger partial charge in [-0.25, -0.2) is 4.98 Å². The van der Waals surface area contributed by atoms with Crippen molar-refractivity contribution in [2.24, 2.45) is 0 Å². The van der Waals surface area contributed by atoms with Crippen molar-refractivity contribution in [1.82, 2.24) is 4.98 Å². The van der Waals surface area contributed by atoms with Crippen LogP contribution in [0, 0.1) is 0 Å². The third kappa shape index (κ3) is 4.09. The average molecular weight is 368 g/mol. The lowest BCUT2D eigenvalue weighted by Crippen LogP contribution is -2.33. The molecule has 0 aliphatic rings. The number of hydrogen-bond acceptors (Lipinski definition) is 5. The lowest BCUT2D eigenvalue weighted by Gasteiger charge is -2.19. The van der Waals surface area contributed by atoms with E-state index in [4.69, 9.17) is 9.47 Å². The zero-order valence-corrected chi connectivity index (χ0v) is 15.4. The first-order valence-electron chi connectivity index (χ1n) is 8.23. The van der Waals surface area contributed by atoms with Gasteiger partial charge in [0, 0.05) is 12.7 Å². The van der Waals surface area contributed by atoms with E-state index in [1.54, 1.807) is 42.4 Å². The number of nitrogens with zero attached hydrogens (tertiary/aromatic N) is 2. The van der Waals surface area contributed by atoms with Crippen LogP contribution in [-0.4, -0.2) is 37.8 Å². The molecule has 0 radical (unpaired) electrons. The summed E-state index contributed by atoms with van der Waals surface area (Å²) in [6.45, 7) is 4.92. The summed E-state index contributed by atoms with van der Waals surface area (Å²) < 4.78 is 11.7. The summed E-state index contributed by atoms with van der Waals surface area (Å²) in [6, 6.07) is 14.9. The number of benzene rings is 2. The first-order valence-corrected chi connectivity index (χ1v) is 9.04. The SMILES string of the molecule is C=CCOc1ccc(C(=O)N(CCOC)c2nc3ccccc3s2)cc1. The van der Waals surface area contributed by atoms with Crippen LogP contribution in [0.15, 0.2) is 61.2 Å². The highest BCUT2D eigenvalue weighted by Crippen LogP contribution is 2.29. The molecular weight excluding hydrogens is 348 g/mol. The first kappa shape index (κ1) is 18.1. The Labute approximate surface area is 156 Å². The molecule has 0 spiro atoms. The summed E-state index contributed by atoms with van der Waals surface area (Å²) in [5, 5.41) is 0.667. The van der Waals surface area contributed by atoms with Crippen molar-refractivity contribution in [2.45, 2.75) is 0 Å². The zero-order valence-electron chi connectivity index (χ0n) is 14.6. The predicted molar refractivity (Wildman–Crippen MR) is 105 cm³/mol. The number of para-hydroxylation sites is 1. The van der Waals surface area contributed by atoms with Gasteiger partial charge in [-0.1, -0.05) is 36.1 Å². The molecule has 1 amide bonds. The fraction of sp³-hybridized carbons (Fsp3) is 0.200. The van der Waals surface area contributed by atoms with Crippen LogP contribution >= 0.6 is 11.3 Å². The van der Waals surface area contributed by atoms with Crippen molar-refractivity contribution in [1.29, 1.82) is 0 Å². The third-order valence-electron chi connectivity index (χ3n) is 3.75. The molecule has 0 aliphatic carbocycles. The van der Waals surface area contributed by atoms with E-state index in [0.29, 0.717) is 36.2 Å². The summed E-state index contributed by atoms with van der Waals surface area (Å²) in [4.78, 5) is 19.3. The number of ether oxygens (including phenoxy) is 2. The largest absolute Gasteiger partial charge is 0.490 e. The van der Waals surface area contributed by atoms with Gasteiger partial charge < -0.3 is 9.47 Å². The second-order valence-electron chi connectivity index (χ2n) is 5.54. The maximum atomic E-state index is 13.0. The molecule has 26 heavy (non-hydrogen) atoms. The van der Waals surface area contributed by atoms with Gasteiger partial charge in [-0.2, -0.15) is 0 Å². The molecule has 134 valence electrons. The fourth-order valence-electron chi connectivity index (χ4n) is 2.45. The normalized spacial score (nSPS) is 10.7. The van der Waals surface area contributed by atoms with Crippen molar-refractivity contribution in [3.8, 4) is 5.75 Å². The van der Waals surface area contributed by atoms with E-state index in [2.05, 4.69) is 11.6 Å². The van der Waals surface area contributed by atoms with Gasteiger partial charge in [0.15, 0.2) is 5.13 Å². The molecule has 6 heteroatoms. The Bertz CT molecular complexity index is 856. The van der Waals surface area contributed by atoms with Crippen LogP contribution in [0.25, 0.3) is 10.2 Å². The van der Waals surface area contributed by atoms with Crippen molar-refractivity contribution in [3.63, 3.8) is 0 Å². The van der Waals surface area contributed by atoms with E-state index in [9.17, 15) is 4.79 Å². The second kappa shape index (κ2) is 8.60. The molecule has 3 rings (SSSR count). The van der Waals surface area contributed by atoms with Gasteiger partial charge in [-0.15, -0.1) is 0 Å². The van der Waals surface area contributed by atoms with Crippen molar-refractivity contribution in [2.75, 3.05) is 31.8 Å². The van der Waals surface area contributed by atoms with Crippen LogP contribution in [-0.2, 0) is 4.74 Å². The molecule has 0 aliphatic heterocycles. The maximum Gasteiger partial charge on any atom is 0.260 e. The lowest BCUT2D eigenvalue weighted by molar-refractivity contribution is 0.0976. The molecule has 0 bridgehead atoms.